The number of halogens is 1. The molecule has 5 rings (SSSR count). The van der Waals surface area contributed by atoms with E-state index in [1.165, 1.54) is 0 Å². The quantitative estimate of drug-likeness (QED) is 0.655. The van der Waals surface area contributed by atoms with Gasteiger partial charge in [-0.25, -0.2) is 4.99 Å². The maximum absolute atomic E-state index is 6.14. The summed E-state index contributed by atoms with van der Waals surface area (Å²) in [5, 5.41) is 0. The van der Waals surface area contributed by atoms with E-state index in [-0.39, 0.29) is 6.02 Å². The molecule has 2 aromatic carbocycles. The zero-order valence-corrected chi connectivity index (χ0v) is 15.2. The van der Waals surface area contributed by atoms with Crippen LogP contribution in [0.15, 0.2) is 70.4 Å². The Bertz CT molecular complexity index is 1050. The lowest BCUT2D eigenvalue weighted by atomic mass is 9.80. The number of pyridine rings is 1. The molecular formula is C20H14BrN3O2. The van der Waals surface area contributed by atoms with Gasteiger partial charge in [-0.05, 0) is 42.0 Å². The summed E-state index contributed by atoms with van der Waals surface area (Å²) < 4.78 is 12.7. The Morgan fingerprint density at radius 2 is 1.81 bits per heavy atom. The molecule has 26 heavy (non-hydrogen) atoms. The van der Waals surface area contributed by atoms with E-state index in [1.54, 1.807) is 6.20 Å². The van der Waals surface area contributed by atoms with Gasteiger partial charge in [-0.2, -0.15) is 0 Å². The van der Waals surface area contributed by atoms with Crippen LogP contribution in [-0.2, 0) is 10.3 Å². The van der Waals surface area contributed by atoms with Crippen molar-refractivity contribution in [1.29, 1.82) is 0 Å². The molecule has 1 atom stereocenters. The van der Waals surface area contributed by atoms with E-state index in [0.717, 1.165) is 38.2 Å². The molecule has 3 heterocycles. The van der Waals surface area contributed by atoms with Crippen LogP contribution in [0.1, 0.15) is 11.1 Å². The first kappa shape index (κ1) is 15.4. The molecule has 0 aliphatic carbocycles. The highest BCUT2D eigenvalue weighted by Crippen LogP contribution is 2.52. The van der Waals surface area contributed by atoms with Crippen LogP contribution in [0.3, 0.4) is 0 Å². The fourth-order valence-electron chi connectivity index (χ4n) is 3.54. The van der Waals surface area contributed by atoms with Crippen molar-refractivity contribution in [2.24, 2.45) is 10.7 Å². The van der Waals surface area contributed by atoms with Gasteiger partial charge in [-0.3, -0.25) is 4.98 Å². The third kappa shape index (κ3) is 2.22. The Hall–Kier alpha value is -2.86. The molecule has 128 valence electrons. The predicted octanol–water partition coefficient (Wildman–Crippen LogP) is 4.21. The van der Waals surface area contributed by atoms with Gasteiger partial charge >= 0.3 is 0 Å². The van der Waals surface area contributed by atoms with Crippen LogP contribution < -0.4 is 10.5 Å². The minimum atomic E-state index is -0.713. The van der Waals surface area contributed by atoms with E-state index in [4.69, 9.17) is 20.2 Å². The van der Waals surface area contributed by atoms with Crippen molar-refractivity contribution >= 4 is 22.0 Å². The maximum Gasteiger partial charge on any atom is 0.283 e. The van der Waals surface area contributed by atoms with Gasteiger partial charge in [-0.15, -0.1) is 0 Å². The van der Waals surface area contributed by atoms with Crippen LogP contribution in [0.4, 0.5) is 0 Å². The van der Waals surface area contributed by atoms with Crippen molar-refractivity contribution in [3.63, 3.8) is 0 Å². The lowest BCUT2D eigenvalue weighted by molar-refractivity contribution is 0.264. The Balaban J connectivity index is 1.76. The molecule has 2 aliphatic heterocycles. The predicted molar refractivity (Wildman–Crippen MR) is 102 cm³/mol. The molecule has 0 fully saturated rings. The second-order valence-electron chi connectivity index (χ2n) is 6.29. The standard InChI is InChI=1S/C20H14BrN3O2/c21-14-4-6-18-16(9-14)20(11-25-19(22)24-20)15-8-12(3-5-17(15)26-18)13-2-1-7-23-10-13/h1-10H,11H2,(H2,22,24)/t20-/m1/s1. The molecule has 5 nitrogen and oxygen atoms in total. The van der Waals surface area contributed by atoms with Gasteiger partial charge in [0.05, 0.1) is 0 Å². The topological polar surface area (TPSA) is 69.7 Å². The molecule has 0 unspecified atom stereocenters. The second-order valence-corrected chi connectivity index (χ2v) is 7.21. The Morgan fingerprint density at radius 1 is 1.00 bits per heavy atom. The van der Waals surface area contributed by atoms with Gasteiger partial charge in [0.1, 0.15) is 18.1 Å². The first-order valence-electron chi connectivity index (χ1n) is 8.17. The Kier molecular flexibility index (Phi) is 3.30. The summed E-state index contributed by atoms with van der Waals surface area (Å²) >= 11 is 3.54. The second kappa shape index (κ2) is 5.57. The summed E-state index contributed by atoms with van der Waals surface area (Å²) in [4.78, 5) is 8.91. The first-order chi connectivity index (χ1) is 12.7. The smallest absolute Gasteiger partial charge is 0.283 e. The van der Waals surface area contributed by atoms with Crippen molar-refractivity contribution in [2.75, 3.05) is 6.61 Å². The highest BCUT2D eigenvalue weighted by Gasteiger charge is 2.47. The van der Waals surface area contributed by atoms with Crippen molar-refractivity contribution in [3.05, 3.63) is 76.5 Å². The number of aromatic nitrogens is 1. The summed E-state index contributed by atoms with van der Waals surface area (Å²) in [6.07, 6.45) is 3.60. The van der Waals surface area contributed by atoms with E-state index in [1.807, 2.05) is 48.7 Å². The van der Waals surface area contributed by atoms with E-state index in [0.29, 0.717) is 6.61 Å². The summed E-state index contributed by atoms with van der Waals surface area (Å²) in [5.74, 6) is 1.52. The molecule has 3 aromatic rings. The summed E-state index contributed by atoms with van der Waals surface area (Å²) in [6.45, 7) is 0.342. The summed E-state index contributed by atoms with van der Waals surface area (Å²) in [6, 6.07) is 16.1. The number of aliphatic imine (C=N–C) groups is 1. The zero-order chi connectivity index (χ0) is 17.7. The number of rotatable bonds is 1. The number of benzene rings is 2. The minimum Gasteiger partial charge on any atom is -0.462 e. The monoisotopic (exact) mass is 407 g/mol. The van der Waals surface area contributed by atoms with Gasteiger partial charge in [-0.1, -0.05) is 28.1 Å². The van der Waals surface area contributed by atoms with Crippen LogP contribution in [0.5, 0.6) is 11.5 Å². The highest BCUT2D eigenvalue weighted by molar-refractivity contribution is 9.10. The average Bonchev–Trinajstić information content (AvgIpc) is 3.06. The lowest BCUT2D eigenvalue weighted by Crippen LogP contribution is -2.31. The molecule has 0 radical (unpaired) electrons. The maximum atomic E-state index is 6.14. The largest absolute Gasteiger partial charge is 0.462 e. The lowest BCUT2D eigenvalue weighted by Gasteiger charge is -2.33. The molecule has 0 saturated carbocycles. The van der Waals surface area contributed by atoms with E-state index >= 15 is 0 Å². The summed E-state index contributed by atoms with van der Waals surface area (Å²) in [5.41, 5.74) is 9.13. The molecule has 1 spiro atoms. The fourth-order valence-corrected chi connectivity index (χ4v) is 3.90. The number of fused-ring (bicyclic) bond motifs is 4. The average molecular weight is 408 g/mol. The third-order valence-electron chi connectivity index (χ3n) is 4.76. The van der Waals surface area contributed by atoms with Gasteiger partial charge < -0.3 is 15.2 Å². The van der Waals surface area contributed by atoms with Crippen LogP contribution in [0.25, 0.3) is 11.1 Å². The van der Waals surface area contributed by atoms with Crippen molar-refractivity contribution in [1.82, 2.24) is 4.98 Å². The molecular weight excluding hydrogens is 394 g/mol. The van der Waals surface area contributed by atoms with Gasteiger partial charge in [0, 0.05) is 33.6 Å². The van der Waals surface area contributed by atoms with E-state index < -0.39 is 5.54 Å². The number of nitrogens with two attached hydrogens (primary N) is 1. The minimum absolute atomic E-state index is 0.190. The molecule has 0 saturated heterocycles. The van der Waals surface area contributed by atoms with Gasteiger partial charge in [0.2, 0.25) is 0 Å². The Morgan fingerprint density at radius 3 is 2.54 bits per heavy atom. The fraction of sp³-hybridized carbons (Fsp3) is 0.100. The number of ether oxygens (including phenoxy) is 2. The molecule has 6 heteroatoms. The van der Waals surface area contributed by atoms with Gasteiger partial charge in [0.25, 0.3) is 6.02 Å². The van der Waals surface area contributed by atoms with Crippen molar-refractivity contribution < 1.29 is 9.47 Å². The van der Waals surface area contributed by atoms with Crippen LogP contribution >= 0.6 is 15.9 Å². The number of hydrogen-bond donors (Lipinski definition) is 1. The van der Waals surface area contributed by atoms with Gasteiger partial charge in [0.15, 0.2) is 5.54 Å². The SMILES string of the molecule is NC1=N[C@@]2(CO1)c1cc(Br)ccc1Oc1ccc(-c3cccnc3)cc12. The molecule has 0 amide bonds. The normalized spacial score (nSPS) is 20.0. The van der Waals surface area contributed by atoms with Crippen molar-refractivity contribution in [3.8, 4) is 22.6 Å². The van der Waals surface area contributed by atoms with Crippen LogP contribution in [0.2, 0.25) is 0 Å². The highest BCUT2D eigenvalue weighted by atomic mass is 79.9. The molecule has 2 N–H and O–H groups in total. The van der Waals surface area contributed by atoms with Crippen LogP contribution in [0, 0.1) is 0 Å². The van der Waals surface area contributed by atoms with Crippen LogP contribution in [-0.4, -0.2) is 17.6 Å². The molecule has 1 aromatic heterocycles. The van der Waals surface area contributed by atoms with E-state index in [9.17, 15) is 0 Å². The third-order valence-corrected chi connectivity index (χ3v) is 5.25. The Labute approximate surface area is 158 Å². The summed E-state index contributed by atoms with van der Waals surface area (Å²) in [7, 11) is 0. The number of amidine groups is 1. The zero-order valence-electron chi connectivity index (χ0n) is 13.6. The van der Waals surface area contributed by atoms with E-state index in [2.05, 4.69) is 27.0 Å². The molecule has 0 bridgehead atoms. The molecule has 2 aliphatic rings. The van der Waals surface area contributed by atoms with Crippen molar-refractivity contribution in [2.45, 2.75) is 5.54 Å². The number of hydrogen-bond acceptors (Lipinski definition) is 5. The number of nitrogens with zero attached hydrogens (tertiary/aromatic N) is 2. The first-order valence-corrected chi connectivity index (χ1v) is 8.96.